The number of methoxy groups -OCH3 is 1. The van der Waals surface area contributed by atoms with Crippen molar-refractivity contribution in [2.45, 2.75) is 9.92 Å². The van der Waals surface area contributed by atoms with Gasteiger partial charge in [0.05, 0.1) is 23.2 Å². The van der Waals surface area contributed by atoms with Crippen molar-refractivity contribution in [1.82, 2.24) is 15.1 Å². The summed E-state index contributed by atoms with van der Waals surface area (Å²) in [6.07, 6.45) is 0. The summed E-state index contributed by atoms with van der Waals surface area (Å²) in [5.41, 5.74) is 2.46. The summed E-state index contributed by atoms with van der Waals surface area (Å²) in [4.78, 5) is 2.49. The smallest absolute Gasteiger partial charge is 0.226 e. The van der Waals surface area contributed by atoms with Crippen LogP contribution in [0.3, 0.4) is 0 Å². The van der Waals surface area contributed by atoms with Gasteiger partial charge in [0.1, 0.15) is 5.75 Å². The van der Waals surface area contributed by atoms with Crippen LogP contribution in [0.15, 0.2) is 82.7 Å². The Bertz CT molecular complexity index is 1360. The maximum atomic E-state index is 13.6. The molecule has 0 bridgehead atoms. The Morgan fingerprint density at radius 1 is 0.906 bits per heavy atom. The minimum Gasteiger partial charge on any atom is -0.497 e. The molecular formula is C24H24N4O3S. The number of aromatic nitrogens is 2. The molecule has 1 aliphatic heterocycles. The number of piperazine rings is 1. The van der Waals surface area contributed by atoms with E-state index in [2.05, 4.69) is 15.3 Å². The van der Waals surface area contributed by atoms with Gasteiger partial charge in [-0.25, -0.2) is 13.1 Å². The number of sulfone groups is 1. The molecule has 0 atom stereocenters. The molecule has 1 saturated heterocycles. The van der Waals surface area contributed by atoms with Crippen molar-refractivity contribution >= 4 is 26.4 Å². The van der Waals surface area contributed by atoms with Gasteiger partial charge in [0.25, 0.3) is 0 Å². The minimum absolute atomic E-state index is 0.0542. The highest BCUT2D eigenvalue weighted by Crippen LogP contribution is 2.33. The fraction of sp³-hybridized carbons (Fsp3) is 0.208. The van der Waals surface area contributed by atoms with Gasteiger partial charge in [0.15, 0.2) is 5.03 Å². The maximum Gasteiger partial charge on any atom is 0.226 e. The number of fused-ring (bicyclic) bond motifs is 1. The fourth-order valence-corrected chi connectivity index (χ4v) is 5.43. The van der Waals surface area contributed by atoms with Gasteiger partial charge in [-0.2, -0.15) is 5.10 Å². The zero-order chi connectivity index (χ0) is 22.1. The van der Waals surface area contributed by atoms with Gasteiger partial charge in [0, 0.05) is 43.3 Å². The van der Waals surface area contributed by atoms with Crippen molar-refractivity contribution in [2.75, 3.05) is 38.2 Å². The second-order valence-corrected chi connectivity index (χ2v) is 9.54. The predicted molar refractivity (Wildman–Crippen MR) is 125 cm³/mol. The number of anilines is 1. The Labute approximate surface area is 187 Å². The molecule has 32 heavy (non-hydrogen) atoms. The average Bonchev–Trinajstić information content (AvgIpc) is 3.25. The summed E-state index contributed by atoms with van der Waals surface area (Å²) in [6.45, 7) is 3.54. The fourth-order valence-electron chi connectivity index (χ4n) is 4.05. The molecule has 0 radical (unpaired) electrons. The van der Waals surface area contributed by atoms with E-state index in [1.807, 2.05) is 42.5 Å². The third kappa shape index (κ3) is 3.61. The highest BCUT2D eigenvalue weighted by molar-refractivity contribution is 7.91. The van der Waals surface area contributed by atoms with Crippen LogP contribution in [0.2, 0.25) is 0 Å². The number of hydrogen-bond acceptors (Lipinski definition) is 6. The quantitative estimate of drug-likeness (QED) is 0.505. The van der Waals surface area contributed by atoms with E-state index in [9.17, 15) is 8.42 Å². The first kappa shape index (κ1) is 20.5. The van der Waals surface area contributed by atoms with Gasteiger partial charge in [-0.3, -0.25) is 0 Å². The molecule has 0 amide bonds. The molecule has 0 spiro atoms. The van der Waals surface area contributed by atoms with E-state index in [4.69, 9.17) is 4.74 Å². The van der Waals surface area contributed by atoms with Crippen molar-refractivity contribution in [1.29, 1.82) is 0 Å². The second-order valence-electron chi connectivity index (χ2n) is 7.67. The third-order valence-electron chi connectivity index (χ3n) is 5.72. The number of hydrogen-bond donors (Lipinski definition) is 1. The lowest BCUT2D eigenvalue weighted by Crippen LogP contribution is -2.43. The van der Waals surface area contributed by atoms with Crippen LogP contribution in [0.5, 0.6) is 5.75 Å². The topological polar surface area (TPSA) is 76.5 Å². The standard InChI is InChI=1S/C24H24N4O3S/c1-31-20-7-5-6-19(16-20)28-23-11-10-18(27-14-12-25-13-15-27)17-22(23)24(26-28)32(29,30)21-8-3-2-4-9-21/h2-11,16-17,25H,12-15H2,1H3. The van der Waals surface area contributed by atoms with Crippen LogP contribution in [-0.2, 0) is 9.84 Å². The Balaban J connectivity index is 1.73. The van der Waals surface area contributed by atoms with Gasteiger partial charge >= 0.3 is 0 Å². The molecule has 4 aromatic rings. The van der Waals surface area contributed by atoms with E-state index in [0.717, 1.165) is 43.1 Å². The summed E-state index contributed by atoms with van der Waals surface area (Å²) in [6, 6.07) is 21.8. The summed E-state index contributed by atoms with van der Waals surface area (Å²) in [5, 5.41) is 8.62. The number of nitrogens with one attached hydrogen (secondary N) is 1. The van der Waals surface area contributed by atoms with Gasteiger partial charge in [-0.15, -0.1) is 0 Å². The van der Waals surface area contributed by atoms with E-state index in [1.54, 1.807) is 42.1 Å². The Kier molecular flexibility index (Phi) is 5.32. The van der Waals surface area contributed by atoms with Crippen LogP contribution in [0.4, 0.5) is 5.69 Å². The average molecular weight is 449 g/mol. The largest absolute Gasteiger partial charge is 0.497 e. The van der Waals surface area contributed by atoms with Gasteiger partial charge in [-0.1, -0.05) is 24.3 Å². The van der Waals surface area contributed by atoms with Crippen molar-refractivity contribution in [3.63, 3.8) is 0 Å². The molecule has 7 nitrogen and oxygen atoms in total. The van der Waals surface area contributed by atoms with Crippen molar-refractivity contribution in [2.24, 2.45) is 0 Å². The summed E-state index contributed by atoms with van der Waals surface area (Å²) in [5.74, 6) is 0.677. The summed E-state index contributed by atoms with van der Waals surface area (Å²) < 4.78 is 34.2. The molecule has 0 aliphatic carbocycles. The van der Waals surface area contributed by atoms with E-state index in [-0.39, 0.29) is 9.92 Å². The maximum absolute atomic E-state index is 13.6. The molecule has 1 aromatic heterocycles. The zero-order valence-electron chi connectivity index (χ0n) is 17.7. The molecule has 8 heteroatoms. The van der Waals surface area contributed by atoms with Gasteiger partial charge in [0.2, 0.25) is 9.84 Å². The lowest BCUT2D eigenvalue weighted by molar-refractivity contribution is 0.414. The lowest BCUT2D eigenvalue weighted by Gasteiger charge is -2.29. The van der Waals surface area contributed by atoms with E-state index < -0.39 is 9.84 Å². The van der Waals surface area contributed by atoms with Gasteiger partial charge in [-0.05, 0) is 42.5 Å². The molecule has 3 aromatic carbocycles. The summed E-state index contributed by atoms with van der Waals surface area (Å²) in [7, 11) is -2.21. The van der Waals surface area contributed by atoms with Crippen LogP contribution in [0.1, 0.15) is 0 Å². The molecule has 1 fully saturated rings. The van der Waals surface area contributed by atoms with E-state index in [0.29, 0.717) is 11.1 Å². The summed E-state index contributed by atoms with van der Waals surface area (Å²) >= 11 is 0. The molecule has 1 N–H and O–H groups in total. The highest BCUT2D eigenvalue weighted by atomic mass is 32.2. The van der Waals surface area contributed by atoms with E-state index in [1.165, 1.54) is 0 Å². The first-order chi connectivity index (χ1) is 15.6. The van der Waals surface area contributed by atoms with Crippen molar-refractivity contribution < 1.29 is 13.2 Å². The van der Waals surface area contributed by atoms with Gasteiger partial charge < -0.3 is 15.0 Å². The second kappa shape index (κ2) is 8.29. The number of benzene rings is 3. The van der Waals surface area contributed by atoms with Crippen LogP contribution in [0, 0.1) is 0 Å². The molecule has 164 valence electrons. The molecule has 5 rings (SSSR count). The monoisotopic (exact) mass is 448 g/mol. The highest BCUT2D eigenvalue weighted by Gasteiger charge is 2.26. The number of nitrogens with zero attached hydrogens (tertiary/aromatic N) is 3. The minimum atomic E-state index is -3.81. The first-order valence-corrected chi connectivity index (χ1v) is 12.0. The molecule has 0 unspecified atom stereocenters. The third-order valence-corrected chi connectivity index (χ3v) is 7.42. The Morgan fingerprint density at radius 2 is 1.69 bits per heavy atom. The van der Waals surface area contributed by atoms with Crippen LogP contribution >= 0.6 is 0 Å². The van der Waals surface area contributed by atoms with Crippen LogP contribution in [0.25, 0.3) is 16.6 Å². The van der Waals surface area contributed by atoms with E-state index >= 15 is 0 Å². The Morgan fingerprint density at radius 3 is 2.44 bits per heavy atom. The zero-order valence-corrected chi connectivity index (χ0v) is 18.5. The molecule has 2 heterocycles. The predicted octanol–water partition coefficient (Wildman–Crippen LogP) is 3.28. The van der Waals surface area contributed by atoms with Crippen LogP contribution in [-0.4, -0.2) is 51.5 Å². The molecular weight excluding hydrogens is 424 g/mol. The van der Waals surface area contributed by atoms with Crippen LogP contribution < -0.4 is 15.0 Å². The molecule has 0 saturated carbocycles. The normalized spacial score (nSPS) is 14.6. The first-order valence-electron chi connectivity index (χ1n) is 10.5. The lowest BCUT2D eigenvalue weighted by atomic mass is 10.2. The molecule has 1 aliphatic rings. The number of rotatable bonds is 5. The Hall–Kier alpha value is -3.36. The number of ether oxygens (including phenoxy) is 1. The van der Waals surface area contributed by atoms with Crippen molar-refractivity contribution in [3.8, 4) is 11.4 Å². The van der Waals surface area contributed by atoms with Crippen molar-refractivity contribution in [3.05, 3.63) is 72.8 Å². The SMILES string of the molecule is COc1cccc(-n2nc(S(=O)(=O)c3ccccc3)c3cc(N4CCNCC4)ccc32)c1.